The number of hydrogen-bond donors (Lipinski definition) is 1. The summed E-state index contributed by atoms with van der Waals surface area (Å²) in [5, 5.41) is 0. The third-order valence-electron chi connectivity index (χ3n) is 1.81. The van der Waals surface area contributed by atoms with E-state index in [-0.39, 0.29) is 11.9 Å². The fourth-order valence-corrected chi connectivity index (χ4v) is 1.26. The van der Waals surface area contributed by atoms with Crippen molar-refractivity contribution in [1.29, 1.82) is 0 Å². The van der Waals surface area contributed by atoms with Crippen LogP contribution in [-0.4, -0.2) is 29.4 Å². The lowest BCUT2D eigenvalue weighted by atomic mass is 10.3. The second kappa shape index (κ2) is 2.58. The molecule has 0 aromatic carbocycles. The summed E-state index contributed by atoms with van der Waals surface area (Å²) >= 11 is 0. The number of carbonyl (C=O) groups is 1. The summed E-state index contributed by atoms with van der Waals surface area (Å²) in [6, 6.07) is 0.371. The highest BCUT2D eigenvalue weighted by atomic mass is 16.2. The number of nitrogens with two attached hydrogens (primary N) is 1. The van der Waals surface area contributed by atoms with Gasteiger partial charge in [-0.15, -0.1) is 0 Å². The van der Waals surface area contributed by atoms with Gasteiger partial charge in [-0.1, -0.05) is 0 Å². The average molecular weight is 142 g/mol. The normalized spacial score (nSPS) is 26.6. The number of rotatable bonds is 1. The summed E-state index contributed by atoms with van der Waals surface area (Å²) in [6.45, 7) is 4.75. The smallest absolute Gasteiger partial charge is 0.224 e. The lowest BCUT2D eigenvalue weighted by molar-refractivity contribution is -0.129. The van der Waals surface area contributed by atoms with Gasteiger partial charge < -0.3 is 10.6 Å². The first-order chi connectivity index (χ1) is 4.61. The van der Waals surface area contributed by atoms with E-state index in [1.807, 2.05) is 18.7 Å². The molecule has 0 radical (unpaired) electrons. The van der Waals surface area contributed by atoms with Crippen LogP contribution in [-0.2, 0) is 4.79 Å². The molecule has 1 fully saturated rings. The van der Waals surface area contributed by atoms with Crippen molar-refractivity contribution in [1.82, 2.24) is 4.90 Å². The molecule has 0 aliphatic carbocycles. The molecule has 1 heterocycles. The van der Waals surface area contributed by atoms with E-state index < -0.39 is 0 Å². The highest BCUT2D eigenvalue weighted by Crippen LogP contribution is 2.11. The Bertz CT molecular complexity index is 145. The number of carbonyl (C=O) groups excluding carboxylic acids is 1. The average Bonchev–Trinajstić information content (AvgIpc) is 2.10. The maximum atomic E-state index is 11.1. The third kappa shape index (κ3) is 1.29. The molecule has 3 heteroatoms. The van der Waals surface area contributed by atoms with Crippen LogP contribution in [0.15, 0.2) is 0 Å². The van der Waals surface area contributed by atoms with Crippen LogP contribution in [0.5, 0.6) is 0 Å². The summed E-state index contributed by atoms with van der Waals surface area (Å²) in [4.78, 5) is 12.9. The number of nitrogens with zero attached hydrogens (tertiary/aromatic N) is 1. The molecule has 0 aromatic heterocycles. The van der Waals surface area contributed by atoms with E-state index in [0.717, 1.165) is 6.54 Å². The molecule has 0 bridgehead atoms. The van der Waals surface area contributed by atoms with Crippen LogP contribution < -0.4 is 5.73 Å². The van der Waals surface area contributed by atoms with Crippen LogP contribution in [0.4, 0.5) is 0 Å². The van der Waals surface area contributed by atoms with Crippen molar-refractivity contribution in [3.05, 3.63) is 0 Å². The first-order valence-electron chi connectivity index (χ1n) is 3.66. The van der Waals surface area contributed by atoms with E-state index in [9.17, 15) is 4.79 Å². The Morgan fingerprint density at radius 3 is 2.50 bits per heavy atom. The van der Waals surface area contributed by atoms with E-state index in [1.54, 1.807) is 0 Å². The Kier molecular flexibility index (Phi) is 1.94. The SMILES string of the molecule is CC(C)N1CC(N)CC1=O. The van der Waals surface area contributed by atoms with E-state index in [4.69, 9.17) is 5.73 Å². The summed E-state index contributed by atoms with van der Waals surface area (Å²) < 4.78 is 0. The second-order valence-electron chi connectivity index (χ2n) is 3.10. The molecule has 1 amide bonds. The lowest BCUT2D eigenvalue weighted by Crippen LogP contribution is -2.33. The number of hydrogen-bond acceptors (Lipinski definition) is 2. The standard InChI is InChI=1S/C7H14N2O/c1-5(2)9-4-6(8)3-7(9)10/h5-6H,3-4,8H2,1-2H3. The molecule has 2 N–H and O–H groups in total. The van der Waals surface area contributed by atoms with Gasteiger partial charge in [-0.25, -0.2) is 0 Å². The maximum Gasteiger partial charge on any atom is 0.224 e. The van der Waals surface area contributed by atoms with Crippen LogP contribution in [0.3, 0.4) is 0 Å². The molecular weight excluding hydrogens is 128 g/mol. The van der Waals surface area contributed by atoms with Crippen molar-refractivity contribution in [2.75, 3.05) is 6.54 Å². The van der Waals surface area contributed by atoms with Gasteiger partial charge in [-0.2, -0.15) is 0 Å². The Morgan fingerprint density at radius 1 is 1.70 bits per heavy atom. The third-order valence-corrected chi connectivity index (χ3v) is 1.81. The van der Waals surface area contributed by atoms with Gasteiger partial charge in [0, 0.05) is 25.0 Å². The zero-order valence-corrected chi connectivity index (χ0v) is 6.50. The lowest BCUT2D eigenvalue weighted by Gasteiger charge is -2.19. The molecule has 1 aliphatic rings. The van der Waals surface area contributed by atoms with Crippen LogP contribution in [0.2, 0.25) is 0 Å². The fraction of sp³-hybridized carbons (Fsp3) is 0.857. The molecular formula is C7H14N2O. The first kappa shape index (κ1) is 7.54. The van der Waals surface area contributed by atoms with Crippen molar-refractivity contribution in [2.24, 2.45) is 5.73 Å². The van der Waals surface area contributed by atoms with Crippen LogP contribution in [0.25, 0.3) is 0 Å². The summed E-state index contributed by atoms with van der Waals surface area (Å²) in [7, 11) is 0. The largest absolute Gasteiger partial charge is 0.339 e. The highest BCUT2D eigenvalue weighted by Gasteiger charge is 2.28. The molecule has 0 saturated carbocycles. The Labute approximate surface area is 61.2 Å². The molecule has 3 nitrogen and oxygen atoms in total. The summed E-state index contributed by atoms with van der Waals surface area (Å²) in [6.07, 6.45) is 0.526. The van der Waals surface area contributed by atoms with Crippen molar-refractivity contribution >= 4 is 5.91 Å². The van der Waals surface area contributed by atoms with Crippen molar-refractivity contribution < 1.29 is 4.79 Å². The van der Waals surface area contributed by atoms with Gasteiger partial charge in [-0.3, -0.25) is 4.79 Å². The Balaban J connectivity index is 2.55. The second-order valence-corrected chi connectivity index (χ2v) is 3.10. The highest BCUT2D eigenvalue weighted by molar-refractivity contribution is 5.79. The van der Waals surface area contributed by atoms with Crippen LogP contribution in [0, 0.1) is 0 Å². The molecule has 10 heavy (non-hydrogen) atoms. The number of likely N-dealkylation sites (tertiary alicyclic amines) is 1. The van der Waals surface area contributed by atoms with Crippen LogP contribution >= 0.6 is 0 Å². The topological polar surface area (TPSA) is 46.3 Å². The van der Waals surface area contributed by atoms with Gasteiger partial charge in [0.05, 0.1) is 0 Å². The van der Waals surface area contributed by atoms with Gasteiger partial charge in [0.15, 0.2) is 0 Å². The van der Waals surface area contributed by atoms with E-state index in [2.05, 4.69) is 0 Å². The predicted octanol–water partition coefficient (Wildman–Crippen LogP) is -0.0456. The summed E-state index contributed by atoms with van der Waals surface area (Å²) in [5.41, 5.74) is 5.59. The van der Waals surface area contributed by atoms with Gasteiger partial charge in [0.2, 0.25) is 5.91 Å². The first-order valence-corrected chi connectivity index (χ1v) is 3.66. The minimum absolute atomic E-state index is 0.0647. The molecule has 58 valence electrons. The molecule has 1 aliphatic heterocycles. The predicted molar refractivity (Wildman–Crippen MR) is 39.4 cm³/mol. The van der Waals surface area contributed by atoms with E-state index >= 15 is 0 Å². The quantitative estimate of drug-likeness (QED) is 0.558. The molecule has 0 aromatic rings. The molecule has 1 atom stereocenters. The van der Waals surface area contributed by atoms with Gasteiger partial charge >= 0.3 is 0 Å². The fourth-order valence-electron chi connectivity index (χ4n) is 1.26. The summed E-state index contributed by atoms with van der Waals surface area (Å²) in [5.74, 6) is 0.197. The maximum absolute atomic E-state index is 11.1. The monoisotopic (exact) mass is 142 g/mol. The minimum atomic E-state index is 0.0647. The number of amides is 1. The van der Waals surface area contributed by atoms with Gasteiger partial charge in [-0.05, 0) is 13.8 Å². The molecule has 1 rings (SSSR count). The Hall–Kier alpha value is -0.570. The minimum Gasteiger partial charge on any atom is -0.339 e. The van der Waals surface area contributed by atoms with Crippen molar-refractivity contribution in [3.63, 3.8) is 0 Å². The molecule has 1 unspecified atom stereocenters. The Morgan fingerprint density at radius 2 is 2.30 bits per heavy atom. The van der Waals surface area contributed by atoms with Crippen LogP contribution in [0.1, 0.15) is 20.3 Å². The van der Waals surface area contributed by atoms with E-state index in [1.165, 1.54) is 0 Å². The molecule has 0 spiro atoms. The van der Waals surface area contributed by atoms with Crippen molar-refractivity contribution in [3.8, 4) is 0 Å². The van der Waals surface area contributed by atoms with E-state index in [0.29, 0.717) is 12.5 Å². The van der Waals surface area contributed by atoms with Gasteiger partial charge in [0.1, 0.15) is 0 Å². The zero-order chi connectivity index (χ0) is 7.72. The van der Waals surface area contributed by atoms with Gasteiger partial charge in [0.25, 0.3) is 0 Å². The van der Waals surface area contributed by atoms with Crippen molar-refractivity contribution in [2.45, 2.75) is 32.4 Å². The molecule has 1 saturated heterocycles. The zero-order valence-electron chi connectivity index (χ0n) is 6.50.